The first-order valence-corrected chi connectivity index (χ1v) is 6.60. The molecular formula is C18H16O2. The van der Waals surface area contributed by atoms with E-state index in [9.17, 15) is 5.11 Å². The highest BCUT2D eigenvalue weighted by molar-refractivity contribution is 5.63. The largest absolute Gasteiger partial charge is 0.466 e. The van der Waals surface area contributed by atoms with Gasteiger partial charge in [0.25, 0.3) is 0 Å². The summed E-state index contributed by atoms with van der Waals surface area (Å²) < 4.78 is 5.32. The average Bonchev–Trinajstić information content (AvgIpc) is 3.03. The van der Waals surface area contributed by atoms with Crippen LogP contribution in [0.5, 0.6) is 0 Å². The van der Waals surface area contributed by atoms with Crippen molar-refractivity contribution in [2.45, 2.75) is 12.5 Å². The molecule has 20 heavy (non-hydrogen) atoms. The summed E-state index contributed by atoms with van der Waals surface area (Å²) in [7, 11) is 0. The van der Waals surface area contributed by atoms with E-state index in [1.165, 1.54) is 0 Å². The minimum absolute atomic E-state index is 0.546. The fraction of sp³-hybridized carbons (Fsp3) is 0.111. The van der Waals surface area contributed by atoms with E-state index in [4.69, 9.17) is 4.42 Å². The number of rotatable bonds is 3. The fourth-order valence-electron chi connectivity index (χ4n) is 2.32. The standard InChI is InChI=1S/C18H16O2/c1-18(19,17-8-5-13-20-17)16-11-9-15(10-12-16)14-6-3-2-4-7-14/h2-13,19H,1H3/t18-/m0/s1. The van der Waals surface area contributed by atoms with Crippen LogP contribution in [0.25, 0.3) is 11.1 Å². The van der Waals surface area contributed by atoms with Gasteiger partial charge in [0.05, 0.1) is 6.26 Å². The van der Waals surface area contributed by atoms with E-state index < -0.39 is 5.60 Å². The lowest BCUT2D eigenvalue weighted by atomic mass is 9.92. The zero-order valence-corrected chi connectivity index (χ0v) is 11.3. The Morgan fingerprint density at radius 3 is 2.05 bits per heavy atom. The average molecular weight is 264 g/mol. The van der Waals surface area contributed by atoms with Crippen molar-refractivity contribution < 1.29 is 9.52 Å². The SMILES string of the molecule is C[C@](O)(c1ccc(-c2ccccc2)cc1)c1ccco1. The maximum Gasteiger partial charge on any atom is 0.144 e. The maximum absolute atomic E-state index is 10.6. The van der Waals surface area contributed by atoms with E-state index in [2.05, 4.69) is 12.1 Å². The molecule has 0 bridgehead atoms. The van der Waals surface area contributed by atoms with Crippen LogP contribution in [0.3, 0.4) is 0 Å². The number of hydrogen-bond acceptors (Lipinski definition) is 2. The van der Waals surface area contributed by atoms with E-state index in [1.807, 2.05) is 42.5 Å². The second kappa shape index (κ2) is 4.99. The summed E-state index contributed by atoms with van der Waals surface area (Å²) in [5.41, 5.74) is 1.99. The van der Waals surface area contributed by atoms with Gasteiger partial charge < -0.3 is 9.52 Å². The molecule has 0 aliphatic carbocycles. The molecule has 0 fully saturated rings. The molecule has 0 aliphatic heterocycles. The van der Waals surface area contributed by atoms with Crippen LogP contribution in [0, 0.1) is 0 Å². The third-order valence-corrected chi connectivity index (χ3v) is 3.56. The van der Waals surface area contributed by atoms with Crippen LogP contribution in [0.1, 0.15) is 18.2 Å². The molecule has 100 valence electrons. The monoisotopic (exact) mass is 264 g/mol. The van der Waals surface area contributed by atoms with E-state index in [0.29, 0.717) is 5.76 Å². The zero-order chi connectivity index (χ0) is 14.0. The molecule has 0 radical (unpaired) electrons. The second-order valence-corrected chi connectivity index (χ2v) is 4.99. The fourth-order valence-corrected chi connectivity index (χ4v) is 2.32. The summed E-state index contributed by atoms with van der Waals surface area (Å²) in [5.74, 6) is 0.546. The van der Waals surface area contributed by atoms with Gasteiger partial charge in [-0.25, -0.2) is 0 Å². The number of hydrogen-bond donors (Lipinski definition) is 1. The Labute approximate surface area is 118 Å². The third kappa shape index (κ3) is 2.26. The highest BCUT2D eigenvalue weighted by Crippen LogP contribution is 2.30. The van der Waals surface area contributed by atoms with Gasteiger partial charge >= 0.3 is 0 Å². The molecule has 1 aromatic heterocycles. The molecule has 0 amide bonds. The summed E-state index contributed by atoms with van der Waals surface area (Å²) in [6.45, 7) is 1.74. The van der Waals surface area contributed by atoms with Crippen LogP contribution in [0.2, 0.25) is 0 Å². The Morgan fingerprint density at radius 2 is 1.45 bits per heavy atom. The first-order chi connectivity index (χ1) is 9.68. The van der Waals surface area contributed by atoms with Crippen LogP contribution in [-0.2, 0) is 5.60 Å². The minimum atomic E-state index is -1.11. The van der Waals surface area contributed by atoms with Gasteiger partial charge in [-0.15, -0.1) is 0 Å². The van der Waals surface area contributed by atoms with Crippen molar-refractivity contribution in [3.63, 3.8) is 0 Å². The van der Waals surface area contributed by atoms with Gasteiger partial charge in [-0.05, 0) is 35.7 Å². The summed E-state index contributed by atoms with van der Waals surface area (Å²) in [6.07, 6.45) is 1.57. The normalized spacial score (nSPS) is 13.9. The van der Waals surface area contributed by atoms with Crippen molar-refractivity contribution in [2.75, 3.05) is 0 Å². The van der Waals surface area contributed by atoms with E-state index in [-0.39, 0.29) is 0 Å². The predicted octanol–water partition coefficient (Wildman–Crippen LogP) is 4.20. The van der Waals surface area contributed by atoms with Gasteiger partial charge in [0.2, 0.25) is 0 Å². The van der Waals surface area contributed by atoms with Crippen molar-refractivity contribution in [1.82, 2.24) is 0 Å². The molecule has 1 atom stereocenters. The lowest BCUT2D eigenvalue weighted by Gasteiger charge is -2.21. The molecule has 1 heterocycles. The van der Waals surface area contributed by atoms with Gasteiger partial charge in [-0.2, -0.15) is 0 Å². The minimum Gasteiger partial charge on any atom is -0.466 e. The van der Waals surface area contributed by atoms with E-state index >= 15 is 0 Å². The van der Waals surface area contributed by atoms with E-state index in [0.717, 1.165) is 16.7 Å². The van der Waals surface area contributed by atoms with E-state index in [1.54, 1.807) is 25.3 Å². The van der Waals surface area contributed by atoms with Crippen molar-refractivity contribution in [1.29, 1.82) is 0 Å². The Balaban J connectivity index is 1.94. The highest BCUT2D eigenvalue weighted by atomic mass is 16.4. The predicted molar refractivity (Wildman–Crippen MR) is 79.3 cm³/mol. The molecule has 3 rings (SSSR count). The van der Waals surface area contributed by atoms with Gasteiger partial charge in [0, 0.05) is 0 Å². The summed E-state index contributed by atoms with van der Waals surface area (Å²) in [6, 6.07) is 21.6. The number of furan rings is 1. The lowest BCUT2D eigenvalue weighted by Crippen LogP contribution is -2.21. The Bertz CT molecular complexity index is 665. The van der Waals surface area contributed by atoms with Crippen molar-refractivity contribution in [3.05, 3.63) is 84.3 Å². The highest BCUT2D eigenvalue weighted by Gasteiger charge is 2.28. The van der Waals surface area contributed by atoms with Gasteiger partial charge in [-0.1, -0.05) is 54.6 Å². The van der Waals surface area contributed by atoms with Crippen LogP contribution in [-0.4, -0.2) is 5.11 Å². The molecule has 0 saturated heterocycles. The van der Waals surface area contributed by atoms with Crippen LogP contribution in [0.4, 0.5) is 0 Å². The molecular weight excluding hydrogens is 248 g/mol. The molecule has 0 unspecified atom stereocenters. The summed E-state index contributed by atoms with van der Waals surface area (Å²) in [4.78, 5) is 0. The summed E-state index contributed by atoms with van der Waals surface area (Å²) >= 11 is 0. The number of aliphatic hydroxyl groups is 1. The van der Waals surface area contributed by atoms with Gasteiger partial charge in [0.15, 0.2) is 0 Å². The summed E-state index contributed by atoms with van der Waals surface area (Å²) in [5, 5.41) is 10.6. The molecule has 0 aliphatic rings. The van der Waals surface area contributed by atoms with Crippen molar-refractivity contribution in [3.8, 4) is 11.1 Å². The first kappa shape index (κ1) is 12.7. The molecule has 2 heteroatoms. The topological polar surface area (TPSA) is 33.4 Å². The van der Waals surface area contributed by atoms with Crippen LogP contribution < -0.4 is 0 Å². The molecule has 0 spiro atoms. The second-order valence-electron chi connectivity index (χ2n) is 4.99. The first-order valence-electron chi connectivity index (χ1n) is 6.60. The van der Waals surface area contributed by atoms with Gasteiger partial charge in [0.1, 0.15) is 11.4 Å². The van der Waals surface area contributed by atoms with Crippen molar-refractivity contribution >= 4 is 0 Å². The van der Waals surface area contributed by atoms with Gasteiger partial charge in [-0.3, -0.25) is 0 Å². The molecule has 1 N–H and O–H groups in total. The maximum atomic E-state index is 10.6. The third-order valence-electron chi connectivity index (χ3n) is 3.56. The number of benzene rings is 2. The van der Waals surface area contributed by atoms with Crippen LogP contribution in [0.15, 0.2) is 77.4 Å². The Hall–Kier alpha value is -2.32. The quantitative estimate of drug-likeness (QED) is 0.769. The smallest absolute Gasteiger partial charge is 0.144 e. The molecule has 0 saturated carbocycles. The molecule has 2 nitrogen and oxygen atoms in total. The Kier molecular flexibility index (Phi) is 3.17. The van der Waals surface area contributed by atoms with Crippen LogP contribution >= 0.6 is 0 Å². The lowest BCUT2D eigenvalue weighted by molar-refractivity contribution is 0.0768. The van der Waals surface area contributed by atoms with Crippen molar-refractivity contribution in [2.24, 2.45) is 0 Å². The molecule has 2 aromatic carbocycles. The Morgan fingerprint density at radius 1 is 0.800 bits per heavy atom. The molecule has 3 aromatic rings. The zero-order valence-electron chi connectivity index (χ0n) is 11.3.